The number of hydrogen-bond donors (Lipinski definition) is 2. The number of ketones is 4. The zero-order valence-electron chi connectivity index (χ0n) is 61.0. The lowest BCUT2D eigenvalue weighted by atomic mass is 9.83. The molecule has 6 aliphatic rings. The molecule has 12 atom stereocenters. The minimum Gasteiger partial charge on any atom is -0.393 e. The van der Waals surface area contributed by atoms with Crippen LogP contribution in [0.1, 0.15) is 361 Å². The fourth-order valence-corrected chi connectivity index (χ4v) is 14.3. The zero-order valence-corrected chi connectivity index (χ0v) is 61.0. The van der Waals surface area contributed by atoms with Gasteiger partial charge in [0.2, 0.25) is 0 Å². The van der Waals surface area contributed by atoms with Crippen molar-refractivity contribution in [3.63, 3.8) is 0 Å². The molecule has 0 aromatic rings. The zero-order chi connectivity index (χ0) is 65.8. The first-order valence-electron chi connectivity index (χ1n) is 37.7. The Hall–Kier alpha value is -2.70. The second kappa shape index (κ2) is 50.8. The van der Waals surface area contributed by atoms with E-state index in [0.29, 0.717) is 64.6 Å². The standard InChI is InChI=1S/C16H32O.C16H30O.C16H28O.C12H20O.2C11H18O/c3*1-4-13(2)7-5-8-14(3)11-12-15-9-6-10-16(15)17;1-3-4-5-6-11-7-10(2)8-12(13)9-11;1-8(2)4-10-5-9(3)6-11(12)7-10;1-3-4-5-10-6-9(2)7-11(12)8-10/h13-17H,4-12H2,1-3H3;13-15H,4-12H2,1-3H3;7,11,15-17H,4-6,8-10,12H2,1-3H3;8,11H,3-7,9H2,1-2H3;6,8,10H,4-5,7H2,1-3H3;7,10H,3-6,8H2,1-2H3/b;;13-7+,14-11+;;;. The molecule has 12 unspecified atom stereocenters. The lowest BCUT2D eigenvalue weighted by Gasteiger charge is -2.21. The molecule has 6 heteroatoms. The molecular weight excluding hydrogens is 1080 g/mol. The van der Waals surface area contributed by atoms with Crippen LogP contribution in [0.5, 0.6) is 0 Å². The minimum atomic E-state index is -0.0405. The lowest BCUT2D eigenvalue weighted by molar-refractivity contribution is -0.121. The van der Waals surface area contributed by atoms with Crippen LogP contribution in [0.25, 0.3) is 0 Å². The summed E-state index contributed by atoms with van der Waals surface area (Å²) in [7, 11) is 0. The van der Waals surface area contributed by atoms with Gasteiger partial charge in [-0.25, -0.2) is 0 Å². The summed E-state index contributed by atoms with van der Waals surface area (Å²) in [6.45, 7) is 35.7. The Labute approximate surface area is 546 Å². The third kappa shape index (κ3) is 42.4. The van der Waals surface area contributed by atoms with Crippen molar-refractivity contribution in [1.29, 1.82) is 0 Å². The molecule has 6 rings (SSSR count). The molecule has 0 bridgehead atoms. The van der Waals surface area contributed by atoms with Gasteiger partial charge in [-0.3, -0.25) is 19.2 Å². The third-order valence-electron chi connectivity index (χ3n) is 20.8. The van der Waals surface area contributed by atoms with Crippen LogP contribution in [-0.2, 0) is 19.2 Å². The first-order valence-corrected chi connectivity index (χ1v) is 37.7. The van der Waals surface area contributed by atoms with Crippen LogP contribution in [0, 0.1) is 65.1 Å². The molecule has 3 fully saturated rings. The molecule has 88 heavy (non-hydrogen) atoms. The Morgan fingerprint density at radius 3 is 1.39 bits per heavy atom. The lowest BCUT2D eigenvalue weighted by Crippen LogP contribution is -2.14. The van der Waals surface area contributed by atoms with Crippen molar-refractivity contribution in [2.24, 2.45) is 65.1 Å². The maximum absolute atomic E-state index is 11.5. The number of carbonyl (C=O) groups is 4. The quantitative estimate of drug-likeness (QED) is 0.0529. The number of aliphatic hydroxyl groups excluding tert-OH is 2. The van der Waals surface area contributed by atoms with E-state index in [2.05, 4.69) is 123 Å². The highest BCUT2D eigenvalue weighted by molar-refractivity contribution is 5.92. The fourth-order valence-electron chi connectivity index (χ4n) is 14.3. The topological polar surface area (TPSA) is 109 Å². The van der Waals surface area contributed by atoms with Gasteiger partial charge in [-0.15, -0.1) is 0 Å². The SMILES string of the molecule is CC/C(C)=C/CC/C(C)=C/CC1CCCC1O.CC1=CC(=O)CC(CC(C)C)C1.CCC(C)CCCC(C)CCC1CCCC1=O.CCC(C)CCCC(C)CCC1CCCC1O.CCCCC1CC(=O)C=C(C)C1.CCCCCC1CC(=O)C=C(C)C1. The monoisotopic (exact) mass is 1230 g/mol. The molecule has 6 nitrogen and oxygen atoms in total. The molecule has 2 N–H and O–H groups in total. The van der Waals surface area contributed by atoms with Crippen LogP contribution >= 0.6 is 0 Å². The summed E-state index contributed by atoms with van der Waals surface area (Å²) in [5.74, 6) is 9.17. The number of Topliss-reactive ketones (excluding diaryl/α,β-unsaturated/α-hetero) is 1. The summed E-state index contributed by atoms with van der Waals surface area (Å²) < 4.78 is 0. The van der Waals surface area contributed by atoms with E-state index >= 15 is 0 Å². The van der Waals surface area contributed by atoms with Crippen LogP contribution < -0.4 is 0 Å². The Kier molecular flexibility index (Phi) is 48.1. The summed E-state index contributed by atoms with van der Waals surface area (Å²) in [5, 5.41) is 19.5. The van der Waals surface area contributed by atoms with Crippen molar-refractivity contribution in [1.82, 2.24) is 0 Å². The van der Waals surface area contributed by atoms with Gasteiger partial charge >= 0.3 is 0 Å². The van der Waals surface area contributed by atoms with Gasteiger partial charge in [-0.2, -0.15) is 0 Å². The van der Waals surface area contributed by atoms with Gasteiger partial charge in [0.05, 0.1) is 12.2 Å². The second-order valence-corrected chi connectivity index (χ2v) is 30.5. The van der Waals surface area contributed by atoms with E-state index in [1.807, 2.05) is 12.2 Å². The molecule has 6 aliphatic carbocycles. The molecule has 0 aromatic carbocycles. The van der Waals surface area contributed by atoms with Crippen LogP contribution in [0.3, 0.4) is 0 Å². The van der Waals surface area contributed by atoms with E-state index in [1.165, 1.54) is 188 Å². The number of hydrogen-bond acceptors (Lipinski definition) is 6. The van der Waals surface area contributed by atoms with Gasteiger partial charge in [0.15, 0.2) is 17.3 Å². The average Bonchev–Trinajstić information content (AvgIpc) is 4.33. The van der Waals surface area contributed by atoms with Crippen molar-refractivity contribution < 1.29 is 29.4 Å². The first kappa shape index (κ1) is 83.3. The predicted molar refractivity (Wildman–Crippen MR) is 382 cm³/mol. The van der Waals surface area contributed by atoms with Crippen LogP contribution in [0.4, 0.5) is 0 Å². The van der Waals surface area contributed by atoms with Gasteiger partial charge in [0.25, 0.3) is 0 Å². The molecule has 0 spiro atoms. The summed E-state index contributed by atoms with van der Waals surface area (Å²) >= 11 is 0. The summed E-state index contributed by atoms with van der Waals surface area (Å²) in [6.07, 6.45) is 56.5. The first-order chi connectivity index (χ1) is 41.9. The Balaban J connectivity index is 0.000000531. The Morgan fingerprint density at radius 1 is 0.489 bits per heavy atom. The maximum atomic E-state index is 11.5. The van der Waals surface area contributed by atoms with Crippen molar-refractivity contribution in [2.75, 3.05) is 0 Å². The molecular formula is C82H146O6. The number of carbonyl (C=O) groups excluding carboxylic acids is 4. The molecule has 0 saturated heterocycles. The third-order valence-corrected chi connectivity index (χ3v) is 20.8. The normalized spacial score (nSPS) is 25.2. The van der Waals surface area contributed by atoms with E-state index in [1.54, 1.807) is 6.08 Å². The van der Waals surface area contributed by atoms with Crippen LogP contribution in [0.15, 0.2) is 58.2 Å². The van der Waals surface area contributed by atoms with Crippen molar-refractivity contribution in [3.05, 3.63) is 58.2 Å². The summed E-state index contributed by atoms with van der Waals surface area (Å²) in [5.41, 5.74) is 6.77. The molecule has 0 aliphatic heterocycles. The highest BCUT2D eigenvalue weighted by Gasteiger charge is 2.27. The fraction of sp³-hybridized carbons (Fsp3) is 0.829. The predicted octanol–water partition coefficient (Wildman–Crippen LogP) is 23.9. The van der Waals surface area contributed by atoms with E-state index in [0.717, 1.165) is 114 Å². The van der Waals surface area contributed by atoms with Crippen LogP contribution in [-0.4, -0.2) is 45.6 Å². The average molecular weight is 1230 g/mol. The van der Waals surface area contributed by atoms with Crippen molar-refractivity contribution in [3.8, 4) is 0 Å². The van der Waals surface area contributed by atoms with E-state index in [4.69, 9.17) is 0 Å². The highest BCUT2D eigenvalue weighted by atomic mass is 16.3. The van der Waals surface area contributed by atoms with Gasteiger partial charge < -0.3 is 10.2 Å². The largest absolute Gasteiger partial charge is 0.393 e. The van der Waals surface area contributed by atoms with Gasteiger partial charge in [-0.1, -0.05) is 225 Å². The van der Waals surface area contributed by atoms with Gasteiger partial charge in [-0.05, 0) is 228 Å². The van der Waals surface area contributed by atoms with Crippen LogP contribution in [0.2, 0.25) is 0 Å². The molecule has 510 valence electrons. The highest BCUT2D eigenvalue weighted by Crippen LogP contribution is 2.34. The molecule has 0 amide bonds. The van der Waals surface area contributed by atoms with Gasteiger partial charge in [0.1, 0.15) is 5.78 Å². The summed E-state index contributed by atoms with van der Waals surface area (Å²) in [6, 6.07) is 0. The Bertz CT molecular complexity index is 2010. The molecule has 0 radical (unpaired) electrons. The van der Waals surface area contributed by atoms with Crippen molar-refractivity contribution >= 4 is 23.1 Å². The van der Waals surface area contributed by atoms with E-state index < -0.39 is 0 Å². The minimum absolute atomic E-state index is 0.0160. The molecule has 0 aromatic heterocycles. The van der Waals surface area contributed by atoms with Crippen molar-refractivity contribution in [2.45, 2.75) is 373 Å². The second-order valence-electron chi connectivity index (χ2n) is 30.5. The molecule has 3 saturated carbocycles. The van der Waals surface area contributed by atoms with E-state index in [-0.39, 0.29) is 12.2 Å². The number of aliphatic hydroxyl groups is 2. The maximum Gasteiger partial charge on any atom is 0.155 e. The summed E-state index contributed by atoms with van der Waals surface area (Å²) in [4.78, 5) is 45.1. The number of unbranched alkanes of at least 4 members (excludes halogenated alkanes) is 3. The number of allylic oxidation sites excluding steroid dienone is 10. The Morgan fingerprint density at radius 2 is 0.955 bits per heavy atom. The van der Waals surface area contributed by atoms with Gasteiger partial charge in [0, 0.05) is 31.6 Å². The smallest absolute Gasteiger partial charge is 0.155 e. The number of rotatable bonds is 31. The van der Waals surface area contributed by atoms with E-state index in [9.17, 15) is 29.4 Å². The molecule has 0 heterocycles.